The number of sulfonamides is 1. The quantitative estimate of drug-likeness (QED) is 0.671. The highest BCUT2D eigenvalue weighted by atomic mass is 35.5. The van der Waals surface area contributed by atoms with Gasteiger partial charge in [-0.1, -0.05) is 29.3 Å². The number of benzene rings is 1. The minimum Gasteiger partial charge on any atom is -0.495 e. The Balaban J connectivity index is 1.75. The van der Waals surface area contributed by atoms with Gasteiger partial charge in [-0.05, 0) is 30.7 Å². The van der Waals surface area contributed by atoms with Crippen LogP contribution >= 0.6 is 23.2 Å². The van der Waals surface area contributed by atoms with E-state index in [1.54, 1.807) is 41.1 Å². The van der Waals surface area contributed by atoms with Crippen LogP contribution in [0.25, 0.3) is 5.65 Å². The molecular formula is C17H17Cl2N3O3S. The van der Waals surface area contributed by atoms with Gasteiger partial charge in [-0.25, -0.2) is 18.1 Å². The predicted octanol–water partition coefficient (Wildman–Crippen LogP) is 3.48. The molecule has 26 heavy (non-hydrogen) atoms. The van der Waals surface area contributed by atoms with Gasteiger partial charge in [0.05, 0.1) is 22.8 Å². The first-order chi connectivity index (χ1) is 12.3. The van der Waals surface area contributed by atoms with Crippen LogP contribution in [0.3, 0.4) is 0 Å². The van der Waals surface area contributed by atoms with Crippen LogP contribution in [0.2, 0.25) is 10.0 Å². The Morgan fingerprint density at radius 2 is 2.00 bits per heavy atom. The second kappa shape index (κ2) is 7.44. The number of nitrogens with one attached hydrogen (secondary N) is 1. The summed E-state index contributed by atoms with van der Waals surface area (Å²) in [4.78, 5) is 4.52. The summed E-state index contributed by atoms with van der Waals surface area (Å²) >= 11 is 12.1. The molecule has 0 saturated heterocycles. The van der Waals surface area contributed by atoms with Gasteiger partial charge in [-0.15, -0.1) is 0 Å². The van der Waals surface area contributed by atoms with Gasteiger partial charge in [0, 0.05) is 25.4 Å². The molecule has 0 aliphatic rings. The van der Waals surface area contributed by atoms with Crippen LogP contribution in [0.15, 0.2) is 41.6 Å². The molecule has 0 radical (unpaired) electrons. The van der Waals surface area contributed by atoms with Crippen molar-refractivity contribution in [1.82, 2.24) is 14.1 Å². The standard InChI is InChI=1S/C17H17Cl2N3O3S/c1-11-3-4-15(25-2)16(7-11)26(23,24)20-6-5-13-10-22-9-12(18)8-14(19)17(22)21-13/h3-4,7-10,20H,5-6H2,1-2H3. The van der Waals surface area contributed by atoms with Crippen molar-refractivity contribution >= 4 is 38.9 Å². The van der Waals surface area contributed by atoms with E-state index in [0.717, 1.165) is 5.56 Å². The molecule has 3 rings (SSSR count). The summed E-state index contributed by atoms with van der Waals surface area (Å²) < 4.78 is 34.6. The van der Waals surface area contributed by atoms with E-state index in [1.807, 2.05) is 6.92 Å². The molecule has 0 atom stereocenters. The number of methoxy groups -OCH3 is 1. The van der Waals surface area contributed by atoms with Crippen molar-refractivity contribution in [3.8, 4) is 5.75 Å². The highest BCUT2D eigenvalue weighted by molar-refractivity contribution is 7.89. The Morgan fingerprint density at radius 3 is 2.73 bits per heavy atom. The van der Waals surface area contributed by atoms with Gasteiger partial charge in [0.1, 0.15) is 10.6 Å². The molecule has 9 heteroatoms. The minimum atomic E-state index is -3.70. The van der Waals surface area contributed by atoms with Crippen LogP contribution in [0.4, 0.5) is 0 Å². The SMILES string of the molecule is COc1ccc(C)cc1S(=O)(=O)NCCc1cn2cc(Cl)cc(Cl)c2n1. The Kier molecular flexibility index (Phi) is 5.43. The van der Waals surface area contributed by atoms with Gasteiger partial charge in [0.15, 0.2) is 5.65 Å². The van der Waals surface area contributed by atoms with Gasteiger partial charge in [0.25, 0.3) is 0 Å². The smallest absolute Gasteiger partial charge is 0.244 e. The normalized spacial score (nSPS) is 11.8. The monoisotopic (exact) mass is 413 g/mol. The number of imidazole rings is 1. The molecule has 6 nitrogen and oxygen atoms in total. The van der Waals surface area contributed by atoms with Crippen molar-refractivity contribution < 1.29 is 13.2 Å². The van der Waals surface area contributed by atoms with Gasteiger partial charge < -0.3 is 9.14 Å². The highest BCUT2D eigenvalue weighted by Crippen LogP contribution is 2.25. The lowest BCUT2D eigenvalue weighted by molar-refractivity contribution is 0.402. The summed E-state index contributed by atoms with van der Waals surface area (Å²) in [5.41, 5.74) is 2.11. The van der Waals surface area contributed by atoms with E-state index >= 15 is 0 Å². The summed E-state index contributed by atoms with van der Waals surface area (Å²) in [6.07, 6.45) is 3.87. The van der Waals surface area contributed by atoms with Gasteiger partial charge in [-0.3, -0.25) is 0 Å². The number of aryl methyl sites for hydroxylation is 1. The molecule has 138 valence electrons. The zero-order valence-corrected chi connectivity index (χ0v) is 16.5. The summed E-state index contributed by atoms with van der Waals surface area (Å²) in [6, 6.07) is 6.62. The molecule has 0 unspecified atom stereocenters. The summed E-state index contributed by atoms with van der Waals surface area (Å²) in [7, 11) is -2.26. The summed E-state index contributed by atoms with van der Waals surface area (Å²) in [5.74, 6) is 0.303. The van der Waals surface area contributed by atoms with E-state index in [9.17, 15) is 8.42 Å². The van der Waals surface area contributed by atoms with Crippen molar-refractivity contribution in [3.63, 3.8) is 0 Å². The number of hydrogen-bond acceptors (Lipinski definition) is 4. The number of ether oxygens (including phenoxy) is 1. The molecule has 0 aliphatic carbocycles. The van der Waals surface area contributed by atoms with E-state index in [4.69, 9.17) is 27.9 Å². The fraction of sp³-hybridized carbons (Fsp3) is 0.235. The maximum absolute atomic E-state index is 12.6. The predicted molar refractivity (Wildman–Crippen MR) is 102 cm³/mol. The number of rotatable bonds is 6. The molecule has 0 spiro atoms. The minimum absolute atomic E-state index is 0.116. The molecule has 0 amide bonds. The fourth-order valence-electron chi connectivity index (χ4n) is 2.58. The number of fused-ring (bicyclic) bond motifs is 1. The van der Waals surface area contributed by atoms with Gasteiger partial charge in [-0.2, -0.15) is 0 Å². The molecule has 0 aliphatic heterocycles. The largest absolute Gasteiger partial charge is 0.495 e. The number of nitrogens with zero attached hydrogens (tertiary/aromatic N) is 2. The van der Waals surface area contributed by atoms with Gasteiger partial charge in [0.2, 0.25) is 10.0 Å². The van der Waals surface area contributed by atoms with Crippen LogP contribution in [-0.4, -0.2) is 31.5 Å². The molecule has 0 fully saturated rings. The lowest BCUT2D eigenvalue weighted by Gasteiger charge is -2.11. The molecule has 2 aromatic heterocycles. The lowest BCUT2D eigenvalue weighted by atomic mass is 10.2. The number of pyridine rings is 1. The summed E-state index contributed by atoms with van der Waals surface area (Å²) in [6.45, 7) is 2.01. The molecule has 0 bridgehead atoms. The molecule has 1 N–H and O–H groups in total. The first-order valence-corrected chi connectivity index (χ1v) is 10.0. The third-order valence-electron chi connectivity index (χ3n) is 3.80. The average molecular weight is 414 g/mol. The molecule has 1 aromatic carbocycles. The van der Waals surface area contributed by atoms with Crippen molar-refractivity contribution in [2.24, 2.45) is 0 Å². The molecule has 3 aromatic rings. The van der Waals surface area contributed by atoms with Crippen LogP contribution in [0, 0.1) is 6.92 Å². The Bertz CT molecular complexity index is 1060. The highest BCUT2D eigenvalue weighted by Gasteiger charge is 2.19. The first kappa shape index (κ1) is 19.0. The Labute approximate surface area is 161 Å². The Hall–Kier alpha value is -1.80. The van der Waals surface area contributed by atoms with Crippen LogP contribution in [0.1, 0.15) is 11.3 Å². The zero-order valence-electron chi connectivity index (χ0n) is 14.2. The topological polar surface area (TPSA) is 72.7 Å². The van der Waals surface area contributed by atoms with E-state index in [2.05, 4.69) is 9.71 Å². The van der Waals surface area contributed by atoms with E-state index in [-0.39, 0.29) is 11.4 Å². The number of hydrogen-bond donors (Lipinski definition) is 1. The number of aromatic nitrogens is 2. The summed E-state index contributed by atoms with van der Waals surface area (Å²) in [5, 5.41) is 0.938. The third-order valence-corrected chi connectivity index (χ3v) is 5.77. The maximum Gasteiger partial charge on any atom is 0.244 e. The average Bonchev–Trinajstić information content (AvgIpc) is 2.97. The van der Waals surface area contributed by atoms with E-state index < -0.39 is 10.0 Å². The molecular weight excluding hydrogens is 397 g/mol. The van der Waals surface area contributed by atoms with E-state index in [1.165, 1.54) is 7.11 Å². The second-order valence-electron chi connectivity index (χ2n) is 5.77. The maximum atomic E-state index is 12.6. The third kappa shape index (κ3) is 3.96. The first-order valence-electron chi connectivity index (χ1n) is 7.77. The second-order valence-corrected chi connectivity index (χ2v) is 8.35. The van der Waals surface area contributed by atoms with Crippen LogP contribution in [-0.2, 0) is 16.4 Å². The van der Waals surface area contributed by atoms with Crippen LogP contribution < -0.4 is 9.46 Å². The van der Waals surface area contributed by atoms with Crippen molar-refractivity contribution in [1.29, 1.82) is 0 Å². The van der Waals surface area contributed by atoms with Crippen LogP contribution in [0.5, 0.6) is 5.75 Å². The van der Waals surface area contributed by atoms with Crippen molar-refractivity contribution in [3.05, 3.63) is 58.0 Å². The number of halogens is 2. The lowest BCUT2D eigenvalue weighted by Crippen LogP contribution is -2.26. The Morgan fingerprint density at radius 1 is 1.23 bits per heavy atom. The van der Waals surface area contributed by atoms with Crippen molar-refractivity contribution in [2.45, 2.75) is 18.2 Å². The fourth-order valence-corrected chi connectivity index (χ4v) is 4.39. The zero-order chi connectivity index (χ0) is 18.9. The van der Waals surface area contributed by atoms with E-state index in [0.29, 0.717) is 33.6 Å². The van der Waals surface area contributed by atoms with Gasteiger partial charge >= 0.3 is 0 Å². The van der Waals surface area contributed by atoms with Crippen molar-refractivity contribution in [2.75, 3.05) is 13.7 Å². The molecule has 0 saturated carbocycles. The molecule has 2 heterocycles.